The van der Waals surface area contributed by atoms with E-state index in [1.807, 2.05) is 0 Å². The maximum Gasteiger partial charge on any atom is 0.339 e. The molecule has 152 valence electrons. The van der Waals surface area contributed by atoms with Crippen LogP contribution in [0, 0.1) is 0 Å². The number of hydrogen-bond acceptors (Lipinski definition) is 8. The number of methoxy groups -OCH3 is 1. The van der Waals surface area contributed by atoms with Gasteiger partial charge in [-0.3, -0.25) is 0 Å². The zero-order chi connectivity index (χ0) is 21.3. The van der Waals surface area contributed by atoms with Gasteiger partial charge in [0.1, 0.15) is 22.7 Å². The van der Waals surface area contributed by atoms with Crippen molar-refractivity contribution in [1.82, 2.24) is 0 Å². The van der Waals surface area contributed by atoms with Gasteiger partial charge in [-0.15, -0.1) is 6.58 Å². The van der Waals surface area contributed by atoms with E-state index in [-0.39, 0.29) is 35.9 Å². The van der Waals surface area contributed by atoms with Crippen molar-refractivity contribution in [1.29, 1.82) is 0 Å². The highest BCUT2D eigenvalue weighted by Gasteiger charge is 2.63. The summed E-state index contributed by atoms with van der Waals surface area (Å²) in [6.45, 7) is 7.16. The van der Waals surface area contributed by atoms with E-state index in [1.54, 1.807) is 42.2 Å². The molecule has 1 spiro atoms. The summed E-state index contributed by atoms with van der Waals surface area (Å²) in [6.07, 6.45) is 1.61. The van der Waals surface area contributed by atoms with E-state index in [1.165, 1.54) is 14.0 Å². The summed E-state index contributed by atoms with van der Waals surface area (Å²) in [6, 6.07) is 6.86. The van der Waals surface area contributed by atoms with Gasteiger partial charge in [0, 0.05) is 17.8 Å². The zero-order valence-corrected chi connectivity index (χ0v) is 16.5. The molecule has 0 radical (unpaired) electrons. The fourth-order valence-corrected chi connectivity index (χ4v) is 3.91. The van der Waals surface area contributed by atoms with E-state index in [2.05, 4.69) is 6.58 Å². The van der Waals surface area contributed by atoms with Crippen LogP contribution in [0.4, 0.5) is 5.69 Å². The van der Waals surface area contributed by atoms with Gasteiger partial charge < -0.3 is 24.8 Å². The molecule has 0 aromatic heterocycles. The first kappa shape index (κ1) is 20.2. The molecule has 1 aromatic rings. The van der Waals surface area contributed by atoms with Gasteiger partial charge in [0.05, 0.1) is 13.7 Å². The van der Waals surface area contributed by atoms with Crippen molar-refractivity contribution >= 4 is 23.6 Å². The number of para-hydroxylation sites is 1. The lowest BCUT2D eigenvalue weighted by atomic mass is 9.66. The first-order valence-corrected chi connectivity index (χ1v) is 9.03. The number of carbonyl (C=O) groups is 3. The highest BCUT2D eigenvalue weighted by molar-refractivity contribution is 6.16. The Morgan fingerprint density at radius 1 is 1.28 bits per heavy atom. The van der Waals surface area contributed by atoms with E-state index in [0.29, 0.717) is 11.3 Å². The van der Waals surface area contributed by atoms with Gasteiger partial charge in [-0.1, -0.05) is 24.3 Å². The number of esters is 3. The molecule has 2 N–H and O–H groups in total. The van der Waals surface area contributed by atoms with Gasteiger partial charge in [-0.05, 0) is 19.9 Å². The maximum atomic E-state index is 13.3. The third kappa shape index (κ3) is 2.71. The van der Waals surface area contributed by atoms with Gasteiger partial charge in [0.15, 0.2) is 5.41 Å². The minimum absolute atomic E-state index is 0.0184. The monoisotopic (exact) mass is 398 g/mol. The van der Waals surface area contributed by atoms with Gasteiger partial charge in [-0.25, -0.2) is 14.4 Å². The second-order valence-corrected chi connectivity index (χ2v) is 6.46. The van der Waals surface area contributed by atoms with Crippen LogP contribution in [-0.2, 0) is 34.0 Å². The number of nitrogens with zero attached hydrogens (tertiary/aromatic N) is 1. The molecule has 3 rings (SSSR count). The number of ether oxygens (including phenoxy) is 3. The lowest BCUT2D eigenvalue weighted by Crippen LogP contribution is -2.50. The highest BCUT2D eigenvalue weighted by Crippen LogP contribution is 2.53. The van der Waals surface area contributed by atoms with E-state index >= 15 is 0 Å². The molecule has 29 heavy (non-hydrogen) atoms. The summed E-state index contributed by atoms with van der Waals surface area (Å²) < 4.78 is 15.5. The Morgan fingerprint density at radius 3 is 2.59 bits per heavy atom. The number of carbonyl (C=O) groups excluding carboxylic acids is 3. The first-order valence-electron chi connectivity index (χ1n) is 9.03. The van der Waals surface area contributed by atoms with Crippen molar-refractivity contribution in [2.24, 2.45) is 5.73 Å². The molecule has 1 unspecified atom stereocenters. The average molecular weight is 398 g/mol. The Kier molecular flexibility index (Phi) is 5.19. The maximum absolute atomic E-state index is 13.3. The molecule has 2 heterocycles. The van der Waals surface area contributed by atoms with Crippen LogP contribution in [-0.4, -0.2) is 38.2 Å². The lowest BCUT2D eigenvalue weighted by molar-refractivity contribution is -0.146. The standard InChI is InChI=1S/C21H22N2O6/c1-5-11-23-14-10-8-7-9-13(14)21(16(17(23)22)19(25)28-6-2)15(18(24)27-4)12(3)29-20(21)26/h5,7-10H,1,6,11,22H2,2-4H3. The fourth-order valence-electron chi connectivity index (χ4n) is 3.91. The fraction of sp³-hybridized carbons (Fsp3) is 0.286. The van der Waals surface area contributed by atoms with Crippen molar-refractivity contribution < 1.29 is 28.6 Å². The number of rotatable bonds is 5. The molecule has 0 saturated carbocycles. The zero-order valence-electron chi connectivity index (χ0n) is 16.5. The molecule has 2 aliphatic heterocycles. The summed E-state index contributed by atoms with van der Waals surface area (Å²) in [4.78, 5) is 40.7. The van der Waals surface area contributed by atoms with Gasteiger partial charge in [0.25, 0.3) is 0 Å². The van der Waals surface area contributed by atoms with Crippen LogP contribution in [0.25, 0.3) is 0 Å². The van der Waals surface area contributed by atoms with Crippen molar-refractivity contribution in [2.75, 3.05) is 25.2 Å². The minimum Gasteiger partial charge on any atom is -0.466 e. The highest BCUT2D eigenvalue weighted by atomic mass is 16.6. The molecule has 0 aliphatic carbocycles. The number of cyclic esters (lactones) is 1. The van der Waals surface area contributed by atoms with E-state index in [9.17, 15) is 14.4 Å². The predicted octanol–water partition coefficient (Wildman–Crippen LogP) is 1.67. The summed E-state index contributed by atoms with van der Waals surface area (Å²) in [5.41, 5.74) is 5.16. The summed E-state index contributed by atoms with van der Waals surface area (Å²) >= 11 is 0. The molecular formula is C21H22N2O6. The van der Waals surface area contributed by atoms with Crippen LogP contribution in [0.5, 0.6) is 0 Å². The quantitative estimate of drug-likeness (QED) is 0.453. The SMILES string of the molecule is C=CCN1C(N)=C(C(=O)OCC)C2(C(=O)OC(C)=C2C(=O)OC)c2ccccc21. The molecule has 0 fully saturated rings. The van der Waals surface area contributed by atoms with Crippen molar-refractivity contribution in [3.63, 3.8) is 0 Å². The summed E-state index contributed by atoms with van der Waals surface area (Å²) in [7, 11) is 1.19. The normalized spacial score (nSPS) is 20.5. The van der Waals surface area contributed by atoms with Crippen molar-refractivity contribution in [2.45, 2.75) is 19.3 Å². The second-order valence-electron chi connectivity index (χ2n) is 6.46. The average Bonchev–Trinajstić information content (AvgIpc) is 2.95. The largest absolute Gasteiger partial charge is 0.466 e. The Morgan fingerprint density at radius 2 is 1.97 bits per heavy atom. The number of allylic oxidation sites excluding steroid dienone is 1. The molecule has 1 atom stereocenters. The molecular weight excluding hydrogens is 376 g/mol. The summed E-state index contributed by atoms with van der Waals surface area (Å²) in [5.74, 6) is -2.40. The molecule has 0 amide bonds. The number of fused-ring (bicyclic) bond motifs is 2. The van der Waals surface area contributed by atoms with Crippen LogP contribution < -0.4 is 10.6 Å². The van der Waals surface area contributed by atoms with Gasteiger partial charge in [-0.2, -0.15) is 0 Å². The Bertz CT molecular complexity index is 977. The second kappa shape index (κ2) is 7.46. The number of anilines is 1. The molecule has 8 heteroatoms. The van der Waals surface area contributed by atoms with Gasteiger partial charge >= 0.3 is 17.9 Å². The van der Waals surface area contributed by atoms with E-state index in [4.69, 9.17) is 19.9 Å². The third-order valence-corrected chi connectivity index (χ3v) is 4.98. The van der Waals surface area contributed by atoms with Gasteiger partial charge in [0.2, 0.25) is 0 Å². The molecule has 0 saturated heterocycles. The Hall–Kier alpha value is -3.55. The molecule has 0 bridgehead atoms. The van der Waals surface area contributed by atoms with E-state index in [0.717, 1.165) is 0 Å². The van der Waals surface area contributed by atoms with Crippen molar-refractivity contribution in [3.05, 3.63) is 65.2 Å². The third-order valence-electron chi connectivity index (χ3n) is 4.98. The van der Waals surface area contributed by atoms with E-state index < -0.39 is 23.3 Å². The first-order chi connectivity index (χ1) is 13.9. The molecule has 1 aromatic carbocycles. The molecule has 8 nitrogen and oxygen atoms in total. The Labute approximate surface area is 168 Å². The van der Waals surface area contributed by atoms with Crippen LogP contribution in [0.1, 0.15) is 19.4 Å². The number of benzene rings is 1. The molecule has 2 aliphatic rings. The van der Waals surface area contributed by atoms with Crippen molar-refractivity contribution in [3.8, 4) is 0 Å². The van der Waals surface area contributed by atoms with Crippen LogP contribution >= 0.6 is 0 Å². The predicted molar refractivity (Wildman–Crippen MR) is 104 cm³/mol. The number of nitrogens with two attached hydrogens (primary N) is 1. The van der Waals surface area contributed by atoms with Crippen LogP contribution in [0.3, 0.4) is 0 Å². The topological polar surface area (TPSA) is 108 Å². The minimum atomic E-state index is -1.89. The Balaban J connectivity index is 2.47. The van der Waals surface area contributed by atoms with Crippen LogP contribution in [0.15, 0.2) is 59.6 Å². The number of hydrogen-bond donors (Lipinski definition) is 1. The summed E-state index contributed by atoms with van der Waals surface area (Å²) in [5, 5.41) is 0. The lowest BCUT2D eigenvalue weighted by Gasteiger charge is -2.40. The smallest absolute Gasteiger partial charge is 0.339 e. The van der Waals surface area contributed by atoms with Crippen LogP contribution in [0.2, 0.25) is 0 Å².